The highest BCUT2D eigenvalue weighted by Crippen LogP contribution is 2.42. The van der Waals surface area contributed by atoms with Gasteiger partial charge in [-0.15, -0.1) is 0 Å². The number of ether oxygens (including phenoxy) is 1. The van der Waals surface area contributed by atoms with E-state index in [1.165, 1.54) is 0 Å². The van der Waals surface area contributed by atoms with E-state index < -0.39 is 20.5 Å². The van der Waals surface area contributed by atoms with Crippen molar-refractivity contribution in [1.82, 2.24) is 0 Å². The molecule has 0 aliphatic carbocycles. The molecule has 148 valence electrons. The fourth-order valence-corrected chi connectivity index (χ4v) is 9.83. The predicted octanol–water partition coefficient (Wildman–Crippen LogP) is 4.41. The van der Waals surface area contributed by atoms with Gasteiger partial charge in [-0.3, -0.25) is 0 Å². The van der Waals surface area contributed by atoms with Crippen molar-refractivity contribution in [3.8, 4) is 0 Å². The van der Waals surface area contributed by atoms with Crippen LogP contribution in [0.25, 0.3) is 0 Å². The van der Waals surface area contributed by atoms with Gasteiger partial charge in [0.15, 0.2) is 8.32 Å². The van der Waals surface area contributed by atoms with Gasteiger partial charge in [0.05, 0.1) is 24.9 Å². The highest BCUT2D eigenvalue weighted by Gasteiger charge is 2.46. The topological polar surface area (TPSA) is 58.9 Å². The van der Waals surface area contributed by atoms with E-state index in [0.717, 1.165) is 0 Å². The number of aliphatic hydroxyl groups is 2. The average Bonchev–Trinajstić information content (AvgIpc) is 2.52. The molecule has 0 aromatic rings. The first kappa shape index (κ1) is 22.8. The summed E-state index contributed by atoms with van der Waals surface area (Å²) in [6.07, 6.45) is 4.11. The fraction of sp³-hybridized carbons (Fsp3) is 0.900. The largest absolute Gasteiger partial charge is 0.413 e. The van der Waals surface area contributed by atoms with Crippen LogP contribution in [-0.4, -0.2) is 49.6 Å². The zero-order chi connectivity index (χ0) is 19.2. The lowest BCUT2D eigenvalue weighted by molar-refractivity contribution is -0.129. The van der Waals surface area contributed by atoms with Crippen LogP contribution in [0.3, 0.4) is 0 Å². The predicted molar refractivity (Wildman–Crippen MR) is 106 cm³/mol. The van der Waals surface area contributed by atoms with E-state index in [0.29, 0.717) is 42.5 Å². The molecule has 0 radical (unpaired) electrons. The Bertz CT molecular complexity index is 387. The third-order valence-corrected chi connectivity index (χ3v) is 11.8. The third-order valence-electron chi connectivity index (χ3n) is 5.74. The fourth-order valence-electron chi connectivity index (χ4n) is 4.38. The minimum Gasteiger partial charge on any atom is -0.413 e. The molecule has 25 heavy (non-hydrogen) atoms. The van der Waals surface area contributed by atoms with Crippen LogP contribution in [0.5, 0.6) is 0 Å². The minimum absolute atomic E-state index is 0.280. The van der Waals surface area contributed by atoms with E-state index in [4.69, 9.17) is 9.16 Å². The first-order valence-electron chi connectivity index (χ1n) is 9.97. The molecule has 0 spiro atoms. The van der Waals surface area contributed by atoms with Crippen LogP contribution in [0.4, 0.5) is 0 Å². The maximum Gasteiger partial charge on any atom is 0.200 e. The van der Waals surface area contributed by atoms with E-state index in [9.17, 15) is 10.2 Å². The van der Waals surface area contributed by atoms with Crippen molar-refractivity contribution in [3.63, 3.8) is 0 Å². The first-order chi connectivity index (χ1) is 11.7. The van der Waals surface area contributed by atoms with Crippen molar-refractivity contribution in [3.05, 3.63) is 12.2 Å². The second-order valence-corrected chi connectivity index (χ2v) is 13.8. The highest BCUT2D eigenvalue weighted by molar-refractivity contribution is 6.77. The van der Waals surface area contributed by atoms with Gasteiger partial charge in [0, 0.05) is 0 Å². The maximum atomic E-state index is 10.5. The van der Waals surface area contributed by atoms with Crippen LogP contribution in [-0.2, 0) is 9.16 Å². The van der Waals surface area contributed by atoms with Crippen LogP contribution in [0, 0.1) is 0 Å². The van der Waals surface area contributed by atoms with E-state index in [1.807, 2.05) is 19.1 Å². The molecular formula is C20H40O4Si. The molecule has 0 unspecified atom stereocenters. The molecule has 1 aliphatic rings. The smallest absolute Gasteiger partial charge is 0.200 e. The molecule has 0 amide bonds. The Balaban J connectivity index is 2.93. The van der Waals surface area contributed by atoms with Gasteiger partial charge in [-0.1, -0.05) is 60.6 Å². The van der Waals surface area contributed by atoms with E-state index in [2.05, 4.69) is 41.5 Å². The van der Waals surface area contributed by atoms with Gasteiger partial charge in [-0.05, 0) is 35.9 Å². The van der Waals surface area contributed by atoms with Crippen LogP contribution in [0.1, 0.15) is 67.7 Å². The van der Waals surface area contributed by atoms with Gasteiger partial charge in [0.2, 0.25) is 0 Å². The van der Waals surface area contributed by atoms with E-state index >= 15 is 0 Å². The van der Waals surface area contributed by atoms with Crippen LogP contribution in [0.2, 0.25) is 16.6 Å². The summed E-state index contributed by atoms with van der Waals surface area (Å²) in [5.41, 5.74) is 1.49. The van der Waals surface area contributed by atoms with Crippen molar-refractivity contribution in [2.45, 2.75) is 109 Å². The Morgan fingerprint density at radius 1 is 1.04 bits per heavy atom. The van der Waals surface area contributed by atoms with Gasteiger partial charge < -0.3 is 19.4 Å². The molecule has 0 bridgehead atoms. The Hall–Kier alpha value is -0.203. The SMILES string of the molecule is CC[C@@H](O)[C@H]1C/C=C\C[C@H](O)[C@H](CO[Si](C(C)C)(C(C)C)C(C)C)O1. The van der Waals surface area contributed by atoms with E-state index in [1.54, 1.807) is 0 Å². The van der Waals surface area contributed by atoms with Crippen molar-refractivity contribution in [1.29, 1.82) is 0 Å². The molecule has 1 aliphatic heterocycles. The number of hydrogen-bond acceptors (Lipinski definition) is 4. The highest BCUT2D eigenvalue weighted by atomic mass is 28.4. The summed E-state index contributed by atoms with van der Waals surface area (Å²) in [6, 6.07) is 0. The second kappa shape index (κ2) is 10.2. The van der Waals surface area contributed by atoms with Crippen molar-refractivity contribution < 1.29 is 19.4 Å². The summed E-state index contributed by atoms with van der Waals surface area (Å²) >= 11 is 0. The summed E-state index contributed by atoms with van der Waals surface area (Å²) in [4.78, 5) is 0. The number of aliphatic hydroxyl groups excluding tert-OH is 2. The Morgan fingerprint density at radius 2 is 1.56 bits per heavy atom. The standard InChI is InChI=1S/C20H40O4Si/c1-8-17(21)19-12-10-9-11-18(22)20(24-19)13-23-25(14(2)3,15(4)5)16(6)7/h9-10,14-22H,8,11-13H2,1-7H3/b10-9-/t17-,18+,19-,20+/m1/s1. The molecule has 1 heterocycles. The molecule has 0 fully saturated rings. The molecule has 0 saturated heterocycles. The van der Waals surface area contributed by atoms with E-state index in [-0.39, 0.29) is 12.2 Å². The first-order valence-corrected chi connectivity index (χ1v) is 12.1. The van der Waals surface area contributed by atoms with Crippen LogP contribution >= 0.6 is 0 Å². The Morgan fingerprint density at radius 3 is 2.04 bits per heavy atom. The van der Waals surface area contributed by atoms with Gasteiger partial charge in [-0.25, -0.2) is 0 Å². The minimum atomic E-state index is -2.00. The molecule has 5 heteroatoms. The van der Waals surface area contributed by atoms with Gasteiger partial charge >= 0.3 is 0 Å². The van der Waals surface area contributed by atoms with Gasteiger partial charge in [0.1, 0.15) is 6.10 Å². The molecule has 0 saturated carbocycles. The summed E-state index contributed by atoms with van der Waals surface area (Å²) in [5, 5.41) is 20.8. The summed E-state index contributed by atoms with van der Waals surface area (Å²) in [5.74, 6) is 0. The Labute approximate surface area is 155 Å². The molecule has 1 rings (SSSR count). The summed E-state index contributed by atoms with van der Waals surface area (Å²) in [6.45, 7) is 15.9. The molecule has 4 atom stereocenters. The van der Waals surface area contributed by atoms with Crippen molar-refractivity contribution in [2.75, 3.05) is 6.61 Å². The molecular weight excluding hydrogens is 332 g/mol. The van der Waals surface area contributed by atoms with Gasteiger partial charge in [0.25, 0.3) is 0 Å². The lowest BCUT2D eigenvalue weighted by Crippen LogP contribution is -2.51. The monoisotopic (exact) mass is 372 g/mol. The lowest BCUT2D eigenvalue weighted by Gasteiger charge is -2.43. The zero-order valence-electron chi connectivity index (χ0n) is 17.2. The molecule has 0 aromatic heterocycles. The molecule has 4 nitrogen and oxygen atoms in total. The summed E-state index contributed by atoms with van der Waals surface area (Å²) < 4.78 is 12.8. The summed E-state index contributed by atoms with van der Waals surface area (Å²) in [7, 11) is -2.00. The second-order valence-electron chi connectivity index (χ2n) is 8.33. The molecule has 2 N–H and O–H groups in total. The average molecular weight is 373 g/mol. The van der Waals surface area contributed by atoms with Gasteiger partial charge in [-0.2, -0.15) is 0 Å². The zero-order valence-corrected chi connectivity index (χ0v) is 18.2. The number of rotatable bonds is 8. The van der Waals surface area contributed by atoms with Crippen molar-refractivity contribution in [2.24, 2.45) is 0 Å². The van der Waals surface area contributed by atoms with Crippen LogP contribution in [0.15, 0.2) is 12.2 Å². The van der Waals surface area contributed by atoms with Crippen molar-refractivity contribution >= 4 is 8.32 Å². The Kier molecular flexibility index (Phi) is 9.33. The normalized spacial score (nSPS) is 28.2. The van der Waals surface area contributed by atoms with Crippen LogP contribution < -0.4 is 0 Å². The lowest BCUT2D eigenvalue weighted by atomic mass is 10.0. The quantitative estimate of drug-likeness (QED) is 0.489. The maximum absolute atomic E-state index is 10.5. The number of hydrogen-bond donors (Lipinski definition) is 2. The third kappa shape index (κ3) is 5.63. The molecule has 0 aromatic carbocycles.